The molecule has 1 rings (SSSR count). The van der Waals surface area contributed by atoms with Gasteiger partial charge in [-0.2, -0.15) is 13.2 Å². The zero-order valence-electron chi connectivity index (χ0n) is 8.57. The van der Waals surface area contributed by atoms with Crippen molar-refractivity contribution in [3.8, 4) is 0 Å². The Morgan fingerprint density at radius 3 is 2.59 bits per heavy atom. The summed E-state index contributed by atoms with van der Waals surface area (Å²) < 4.78 is 36.9. The van der Waals surface area contributed by atoms with E-state index in [1.165, 1.54) is 0 Å². The Hall–Kier alpha value is -1.61. The van der Waals surface area contributed by atoms with Crippen molar-refractivity contribution in [3.05, 3.63) is 11.9 Å². The Kier molecular flexibility index (Phi) is 4.07. The summed E-state index contributed by atoms with van der Waals surface area (Å²) >= 11 is 0. The lowest BCUT2D eigenvalue weighted by Crippen LogP contribution is -2.24. The lowest BCUT2D eigenvalue weighted by atomic mass is 10.3. The Balaban J connectivity index is 2.83. The summed E-state index contributed by atoms with van der Waals surface area (Å²) in [4.78, 5) is 6.23. The second-order valence-corrected chi connectivity index (χ2v) is 3.22. The van der Waals surface area contributed by atoms with Crippen LogP contribution in [0.5, 0.6) is 0 Å². The van der Waals surface area contributed by atoms with E-state index < -0.39 is 24.7 Å². The number of nitrogens with zero attached hydrogens (tertiary/aromatic N) is 2. The molecule has 0 aliphatic carbocycles. The van der Waals surface area contributed by atoms with E-state index in [4.69, 9.17) is 15.9 Å². The molecule has 17 heavy (non-hydrogen) atoms. The third-order valence-electron chi connectivity index (χ3n) is 1.73. The molecule has 1 unspecified atom stereocenters. The largest absolute Gasteiger partial charge is 0.451 e. The van der Waals surface area contributed by atoms with E-state index in [0.717, 1.165) is 6.07 Å². The molecule has 1 aromatic heterocycles. The number of halogens is 3. The lowest BCUT2D eigenvalue weighted by Gasteiger charge is -2.11. The van der Waals surface area contributed by atoms with Gasteiger partial charge in [-0.05, 0) is 0 Å². The molecule has 5 N–H and O–H groups in total. The number of aliphatic hydroxyl groups excluding tert-OH is 2. The minimum Gasteiger partial charge on any atom is -0.394 e. The van der Waals surface area contributed by atoms with Crippen molar-refractivity contribution in [2.75, 3.05) is 24.2 Å². The zero-order valence-corrected chi connectivity index (χ0v) is 8.57. The molecule has 6 nitrogen and oxygen atoms in total. The van der Waals surface area contributed by atoms with Crippen LogP contribution >= 0.6 is 0 Å². The van der Waals surface area contributed by atoms with Gasteiger partial charge in [0.15, 0.2) is 0 Å². The summed E-state index contributed by atoms with van der Waals surface area (Å²) in [7, 11) is 0. The van der Waals surface area contributed by atoms with E-state index in [1.807, 2.05) is 0 Å². The Morgan fingerprint density at radius 1 is 1.41 bits per heavy atom. The third-order valence-corrected chi connectivity index (χ3v) is 1.73. The van der Waals surface area contributed by atoms with Gasteiger partial charge in [0.1, 0.15) is 11.6 Å². The smallest absolute Gasteiger partial charge is 0.394 e. The molecule has 1 aromatic rings. The standard InChI is InChI=1S/C8H11F3N4O2/c9-8(10,11)7-14-5(12)1-6(15-7)13-2-4(17)3-16/h1,4,16-17H,2-3H2,(H3,12,13,14,15). The second kappa shape index (κ2) is 5.15. The van der Waals surface area contributed by atoms with Crippen LogP contribution in [-0.4, -0.2) is 39.4 Å². The van der Waals surface area contributed by atoms with Crippen molar-refractivity contribution in [1.29, 1.82) is 0 Å². The van der Waals surface area contributed by atoms with E-state index in [0.29, 0.717) is 0 Å². The Bertz CT molecular complexity index is 386. The maximum absolute atomic E-state index is 12.3. The molecule has 0 amide bonds. The summed E-state index contributed by atoms with van der Waals surface area (Å²) in [6.45, 7) is -0.663. The quantitative estimate of drug-likeness (QED) is 0.593. The first-order valence-electron chi connectivity index (χ1n) is 4.57. The zero-order chi connectivity index (χ0) is 13.1. The summed E-state index contributed by atoms with van der Waals surface area (Å²) in [5.74, 6) is -1.87. The first-order valence-corrected chi connectivity index (χ1v) is 4.57. The number of alkyl halides is 3. The van der Waals surface area contributed by atoms with Crippen LogP contribution in [0.3, 0.4) is 0 Å². The van der Waals surface area contributed by atoms with Gasteiger partial charge in [0.2, 0.25) is 5.82 Å². The molecule has 0 aliphatic heterocycles. The fourth-order valence-corrected chi connectivity index (χ4v) is 0.970. The van der Waals surface area contributed by atoms with Crippen molar-refractivity contribution in [2.45, 2.75) is 12.3 Å². The van der Waals surface area contributed by atoms with E-state index in [1.54, 1.807) is 0 Å². The van der Waals surface area contributed by atoms with E-state index >= 15 is 0 Å². The van der Waals surface area contributed by atoms with Crippen molar-refractivity contribution in [1.82, 2.24) is 9.97 Å². The van der Waals surface area contributed by atoms with Gasteiger partial charge in [-0.25, -0.2) is 9.97 Å². The molecule has 1 atom stereocenters. The molecule has 0 saturated carbocycles. The molecule has 0 saturated heterocycles. The highest BCUT2D eigenvalue weighted by Crippen LogP contribution is 2.27. The summed E-state index contributed by atoms with van der Waals surface area (Å²) in [6, 6.07) is 1.10. The summed E-state index contributed by atoms with van der Waals surface area (Å²) in [5.41, 5.74) is 5.19. The fourth-order valence-electron chi connectivity index (χ4n) is 0.970. The molecule has 96 valence electrons. The monoisotopic (exact) mass is 252 g/mol. The highest BCUT2D eigenvalue weighted by Gasteiger charge is 2.35. The number of aliphatic hydroxyl groups is 2. The van der Waals surface area contributed by atoms with E-state index in [2.05, 4.69) is 15.3 Å². The molecular weight excluding hydrogens is 241 g/mol. The first kappa shape index (κ1) is 13.5. The molecular formula is C8H11F3N4O2. The molecule has 0 aliphatic rings. The van der Waals surface area contributed by atoms with Crippen LogP contribution in [0.1, 0.15) is 5.82 Å². The van der Waals surface area contributed by atoms with Crippen LogP contribution in [0.2, 0.25) is 0 Å². The van der Waals surface area contributed by atoms with Gasteiger partial charge in [-0.15, -0.1) is 0 Å². The molecule has 1 heterocycles. The molecule has 0 fully saturated rings. The number of rotatable bonds is 4. The van der Waals surface area contributed by atoms with Gasteiger partial charge in [-0.1, -0.05) is 0 Å². The van der Waals surface area contributed by atoms with Crippen molar-refractivity contribution >= 4 is 11.6 Å². The highest BCUT2D eigenvalue weighted by atomic mass is 19.4. The minimum atomic E-state index is -4.69. The number of nitrogen functional groups attached to an aromatic ring is 1. The Morgan fingerprint density at radius 2 is 2.06 bits per heavy atom. The maximum Gasteiger partial charge on any atom is 0.451 e. The number of nitrogens with one attached hydrogen (secondary N) is 1. The predicted octanol–water partition coefficient (Wildman–Crippen LogP) is -0.157. The highest BCUT2D eigenvalue weighted by molar-refractivity contribution is 5.44. The number of aromatic nitrogens is 2. The van der Waals surface area contributed by atoms with Crippen molar-refractivity contribution in [3.63, 3.8) is 0 Å². The van der Waals surface area contributed by atoms with Crippen LogP contribution in [0.4, 0.5) is 24.8 Å². The molecule has 9 heteroatoms. The topological polar surface area (TPSA) is 104 Å². The number of hydrogen-bond donors (Lipinski definition) is 4. The van der Waals surface area contributed by atoms with Crippen molar-refractivity contribution in [2.24, 2.45) is 0 Å². The SMILES string of the molecule is Nc1cc(NCC(O)CO)nc(C(F)(F)F)n1. The van der Waals surface area contributed by atoms with E-state index in [9.17, 15) is 13.2 Å². The van der Waals surface area contributed by atoms with Crippen LogP contribution in [0.15, 0.2) is 6.07 Å². The lowest BCUT2D eigenvalue weighted by molar-refractivity contribution is -0.144. The fraction of sp³-hybridized carbons (Fsp3) is 0.500. The average molecular weight is 252 g/mol. The minimum absolute atomic E-state index is 0.149. The third kappa shape index (κ3) is 4.04. The first-order chi connectivity index (χ1) is 7.82. The van der Waals surface area contributed by atoms with Crippen LogP contribution in [0.25, 0.3) is 0 Å². The number of nitrogens with two attached hydrogens (primary N) is 1. The van der Waals surface area contributed by atoms with Gasteiger partial charge < -0.3 is 21.3 Å². The van der Waals surface area contributed by atoms with Crippen LogP contribution < -0.4 is 11.1 Å². The predicted molar refractivity (Wildman–Crippen MR) is 53.0 cm³/mol. The normalized spacial score (nSPS) is 13.5. The van der Waals surface area contributed by atoms with Gasteiger partial charge in [-0.3, -0.25) is 0 Å². The molecule has 0 bridgehead atoms. The number of hydrogen-bond acceptors (Lipinski definition) is 6. The van der Waals surface area contributed by atoms with Gasteiger partial charge in [0, 0.05) is 12.6 Å². The van der Waals surface area contributed by atoms with Gasteiger partial charge in [0.05, 0.1) is 12.7 Å². The average Bonchev–Trinajstić information content (AvgIpc) is 2.24. The van der Waals surface area contributed by atoms with Crippen LogP contribution in [-0.2, 0) is 6.18 Å². The number of anilines is 2. The van der Waals surface area contributed by atoms with Crippen LogP contribution in [0, 0.1) is 0 Å². The summed E-state index contributed by atoms with van der Waals surface area (Å²) in [6.07, 6.45) is -5.79. The molecule has 0 radical (unpaired) electrons. The molecule has 0 spiro atoms. The summed E-state index contributed by atoms with van der Waals surface area (Å²) in [5, 5.41) is 19.9. The van der Waals surface area contributed by atoms with E-state index in [-0.39, 0.29) is 18.2 Å². The Labute approximate surface area is 94.3 Å². The molecule has 0 aromatic carbocycles. The van der Waals surface area contributed by atoms with Crippen molar-refractivity contribution < 1.29 is 23.4 Å². The second-order valence-electron chi connectivity index (χ2n) is 3.22. The van der Waals surface area contributed by atoms with Gasteiger partial charge in [0.25, 0.3) is 0 Å². The maximum atomic E-state index is 12.3. The van der Waals surface area contributed by atoms with Gasteiger partial charge >= 0.3 is 6.18 Å².